The molecule has 17 heavy (non-hydrogen) atoms. The van der Waals surface area contributed by atoms with Gasteiger partial charge in [-0.25, -0.2) is 4.39 Å². The van der Waals surface area contributed by atoms with E-state index in [9.17, 15) is 9.18 Å². The van der Waals surface area contributed by atoms with Gasteiger partial charge in [0.05, 0.1) is 17.3 Å². The Morgan fingerprint density at radius 3 is 2.88 bits per heavy atom. The van der Waals surface area contributed by atoms with Crippen molar-refractivity contribution in [1.29, 1.82) is 0 Å². The third kappa shape index (κ3) is 3.78. The van der Waals surface area contributed by atoms with E-state index in [0.717, 1.165) is 6.07 Å². The maximum atomic E-state index is 13.1. The first-order chi connectivity index (χ1) is 7.95. The minimum atomic E-state index is -0.567. The molecule has 0 radical (unpaired) electrons. The van der Waals surface area contributed by atoms with Crippen molar-refractivity contribution in [2.45, 2.75) is 24.0 Å². The van der Waals surface area contributed by atoms with Crippen LogP contribution >= 0.6 is 23.4 Å². The second-order valence-electron chi connectivity index (χ2n) is 3.32. The molecule has 1 rings (SSSR count). The van der Waals surface area contributed by atoms with Crippen molar-refractivity contribution in [3.05, 3.63) is 23.0 Å². The maximum Gasteiger partial charge on any atom is 0.319 e. The molecule has 1 atom stereocenters. The normalized spacial score (nSPS) is 12.2. The van der Waals surface area contributed by atoms with E-state index in [1.54, 1.807) is 13.8 Å². The lowest BCUT2D eigenvalue weighted by atomic mass is 10.3. The lowest BCUT2D eigenvalue weighted by molar-refractivity contribution is -0.142. The van der Waals surface area contributed by atoms with Gasteiger partial charge in [0.1, 0.15) is 11.1 Å². The van der Waals surface area contributed by atoms with Gasteiger partial charge >= 0.3 is 5.97 Å². The zero-order valence-electron chi connectivity index (χ0n) is 9.50. The molecule has 0 heterocycles. The fourth-order valence-corrected chi connectivity index (χ4v) is 2.33. The van der Waals surface area contributed by atoms with E-state index in [0.29, 0.717) is 11.5 Å². The smallest absolute Gasteiger partial charge is 0.319 e. The minimum absolute atomic E-state index is 0.00737. The fraction of sp³-hybridized carbons (Fsp3) is 0.364. The predicted molar refractivity (Wildman–Crippen MR) is 67.8 cm³/mol. The molecule has 0 aromatic heterocycles. The number of esters is 1. The first-order valence-electron chi connectivity index (χ1n) is 5.03. The van der Waals surface area contributed by atoms with Crippen LogP contribution in [0.25, 0.3) is 0 Å². The Balaban J connectivity index is 2.81. The van der Waals surface area contributed by atoms with Crippen LogP contribution in [0.2, 0.25) is 5.02 Å². The maximum absolute atomic E-state index is 13.1. The topological polar surface area (TPSA) is 52.3 Å². The van der Waals surface area contributed by atoms with E-state index in [1.807, 2.05) is 0 Å². The molecule has 0 saturated carbocycles. The number of nitrogens with two attached hydrogens (primary N) is 1. The highest BCUT2D eigenvalue weighted by Crippen LogP contribution is 2.33. The molecule has 0 amide bonds. The van der Waals surface area contributed by atoms with Crippen LogP contribution in [0.15, 0.2) is 17.0 Å². The zero-order chi connectivity index (χ0) is 13.0. The number of thioether (sulfide) groups is 1. The number of halogens is 2. The van der Waals surface area contributed by atoms with Gasteiger partial charge in [-0.2, -0.15) is 0 Å². The molecule has 0 aliphatic carbocycles. The third-order valence-corrected chi connectivity index (χ3v) is 3.54. The predicted octanol–water partition coefficient (Wildman–Crippen LogP) is 3.11. The first kappa shape index (κ1) is 14.1. The minimum Gasteiger partial charge on any atom is -0.465 e. The van der Waals surface area contributed by atoms with Crippen molar-refractivity contribution in [1.82, 2.24) is 0 Å². The number of carbonyl (C=O) groups is 1. The zero-order valence-corrected chi connectivity index (χ0v) is 11.1. The molecule has 2 N–H and O–H groups in total. The Bertz CT molecular complexity index is 428. The Hall–Kier alpha value is -0.940. The van der Waals surface area contributed by atoms with Crippen LogP contribution in [0.5, 0.6) is 0 Å². The third-order valence-electron chi connectivity index (χ3n) is 1.97. The monoisotopic (exact) mass is 277 g/mol. The van der Waals surface area contributed by atoms with Crippen LogP contribution in [0.1, 0.15) is 13.8 Å². The Kier molecular flexibility index (Phi) is 5.08. The highest BCUT2D eigenvalue weighted by Gasteiger charge is 2.17. The van der Waals surface area contributed by atoms with E-state index in [2.05, 4.69) is 0 Å². The van der Waals surface area contributed by atoms with Crippen LogP contribution < -0.4 is 5.73 Å². The molecule has 1 unspecified atom stereocenters. The van der Waals surface area contributed by atoms with Crippen LogP contribution in [-0.4, -0.2) is 17.8 Å². The fourth-order valence-electron chi connectivity index (χ4n) is 1.13. The number of ether oxygens (including phenoxy) is 1. The van der Waals surface area contributed by atoms with E-state index in [-0.39, 0.29) is 16.7 Å². The average molecular weight is 278 g/mol. The van der Waals surface area contributed by atoms with Gasteiger partial charge in [0.2, 0.25) is 0 Å². The van der Waals surface area contributed by atoms with Crippen molar-refractivity contribution in [3.8, 4) is 0 Å². The van der Waals surface area contributed by atoms with Crippen LogP contribution in [0.3, 0.4) is 0 Å². The van der Waals surface area contributed by atoms with E-state index >= 15 is 0 Å². The number of carbonyl (C=O) groups excluding carboxylic acids is 1. The number of anilines is 1. The molecule has 0 fully saturated rings. The van der Waals surface area contributed by atoms with Crippen molar-refractivity contribution in [2.75, 3.05) is 12.3 Å². The molecule has 0 spiro atoms. The summed E-state index contributed by atoms with van der Waals surface area (Å²) < 4.78 is 17.9. The quantitative estimate of drug-likeness (QED) is 0.522. The van der Waals surface area contributed by atoms with Crippen molar-refractivity contribution in [3.63, 3.8) is 0 Å². The Morgan fingerprint density at radius 1 is 1.65 bits per heavy atom. The summed E-state index contributed by atoms with van der Waals surface area (Å²) >= 11 is 7.05. The summed E-state index contributed by atoms with van der Waals surface area (Å²) in [6.07, 6.45) is 0. The summed E-state index contributed by atoms with van der Waals surface area (Å²) in [7, 11) is 0. The van der Waals surface area contributed by atoms with Gasteiger partial charge in [0.15, 0.2) is 0 Å². The molecule has 6 heteroatoms. The van der Waals surface area contributed by atoms with Crippen molar-refractivity contribution in [2.24, 2.45) is 0 Å². The molecule has 94 valence electrons. The first-order valence-corrected chi connectivity index (χ1v) is 6.29. The highest BCUT2D eigenvalue weighted by molar-refractivity contribution is 8.00. The van der Waals surface area contributed by atoms with Crippen molar-refractivity contribution >= 4 is 35.0 Å². The van der Waals surface area contributed by atoms with Gasteiger partial charge < -0.3 is 10.5 Å². The summed E-state index contributed by atoms with van der Waals surface area (Å²) in [6.45, 7) is 3.75. The summed E-state index contributed by atoms with van der Waals surface area (Å²) in [6, 6.07) is 2.55. The number of rotatable bonds is 4. The van der Waals surface area contributed by atoms with E-state index < -0.39 is 11.1 Å². The molecule has 3 nitrogen and oxygen atoms in total. The number of hydrogen-bond donors (Lipinski definition) is 1. The molecular weight excluding hydrogens is 265 g/mol. The van der Waals surface area contributed by atoms with Gasteiger partial charge in [-0.3, -0.25) is 4.79 Å². The largest absolute Gasteiger partial charge is 0.465 e. The summed E-state index contributed by atoms with van der Waals surface area (Å²) in [5.74, 6) is -0.903. The van der Waals surface area contributed by atoms with Gasteiger partial charge in [-0.1, -0.05) is 11.6 Å². The second kappa shape index (κ2) is 6.12. The van der Waals surface area contributed by atoms with Crippen LogP contribution in [0, 0.1) is 5.82 Å². The summed E-state index contributed by atoms with van der Waals surface area (Å²) in [5, 5.41) is -0.185. The second-order valence-corrected chi connectivity index (χ2v) is 5.11. The van der Waals surface area contributed by atoms with Crippen LogP contribution in [0.4, 0.5) is 10.1 Å². The molecule has 0 saturated heterocycles. The van der Waals surface area contributed by atoms with E-state index in [1.165, 1.54) is 17.8 Å². The molecule has 0 aliphatic heterocycles. The molecule has 0 aliphatic rings. The molecular formula is C11H13ClFNO2S. The van der Waals surface area contributed by atoms with Gasteiger partial charge in [0.25, 0.3) is 0 Å². The SMILES string of the molecule is CCOC(=O)C(C)Sc1cc(N)c(F)cc1Cl. The standard InChI is InChI=1S/C11H13ClFNO2S/c1-3-16-11(15)6(2)17-10-5-9(14)8(13)4-7(10)12/h4-6H,3,14H2,1-2H3. The Morgan fingerprint density at radius 2 is 2.29 bits per heavy atom. The van der Waals surface area contributed by atoms with E-state index in [4.69, 9.17) is 22.1 Å². The lowest BCUT2D eigenvalue weighted by Crippen LogP contribution is -2.16. The van der Waals surface area contributed by atoms with Gasteiger partial charge in [-0.05, 0) is 26.0 Å². The van der Waals surface area contributed by atoms with Crippen LogP contribution in [-0.2, 0) is 9.53 Å². The molecule has 1 aromatic rings. The number of nitrogen functional groups attached to an aromatic ring is 1. The summed E-state index contributed by atoms with van der Waals surface area (Å²) in [5.41, 5.74) is 5.44. The highest BCUT2D eigenvalue weighted by atomic mass is 35.5. The summed E-state index contributed by atoms with van der Waals surface area (Å²) in [4.78, 5) is 12.0. The lowest BCUT2D eigenvalue weighted by Gasteiger charge is -2.11. The number of hydrogen-bond acceptors (Lipinski definition) is 4. The average Bonchev–Trinajstić information content (AvgIpc) is 2.26. The molecule has 0 bridgehead atoms. The Labute approximate surface area is 108 Å². The number of benzene rings is 1. The van der Waals surface area contributed by atoms with Crippen molar-refractivity contribution < 1.29 is 13.9 Å². The molecule has 1 aromatic carbocycles. The van der Waals surface area contributed by atoms with Gasteiger partial charge in [-0.15, -0.1) is 11.8 Å². The van der Waals surface area contributed by atoms with Gasteiger partial charge in [0, 0.05) is 4.90 Å².